The van der Waals surface area contributed by atoms with Crippen molar-refractivity contribution in [1.82, 2.24) is 14.8 Å². The van der Waals surface area contributed by atoms with E-state index in [-0.39, 0.29) is 5.21 Å². The number of hydrogen-bond donors (Lipinski definition) is 0. The average Bonchev–Trinajstić information content (AvgIpc) is 3.17. The van der Waals surface area contributed by atoms with Gasteiger partial charge in [-0.1, -0.05) is 50.1 Å². The number of fused-ring (bicyclic) bond motifs is 1. The van der Waals surface area contributed by atoms with Crippen molar-refractivity contribution in [3.8, 4) is 0 Å². The van der Waals surface area contributed by atoms with Crippen molar-refractivity contribution in [3.63, 3.8) is 0 Å². The van der Waals surface area contributed by atoms with Gasteiger partial charge in [-0.2, -0.15) is 5.10 Å². The van der Waals surface area contributed by atoms with Crippen molar-refractivity contribution >= 4 is 15.7 Å². The molecular formula is C16H21B2N3. The molecule has 2 atom stereocenters. The summed E-state index contributed by atoms with van der Waals surface area (Å²) in [5, 5.41) is 5.06. The zero-order valence-corrected chi connectivity index (χ0v) is 13.1. The van der Waals surface area contributed by atoms with E-state index in [2.05, 4.69) is 57.6 Å². The Morgan fingerprint density at radius 3 is 2.57 bits per heavy atom. The van der Waals surface area contributed by atoms with E-state index in [1.807, 2.05) is 0 Å². The highest BCUT2D eigenvalue weighted by molar-refractivity contribution is 6.40. The molecule has 5 heteroatoms. The molecule has 0 bridgehead atoms. The fraction of sp³-hybridized carbons (Fsp3) is 0.500. The molecule has 106 valence electrons. The second kappa shape index (κ2) is 4.49. The molecule has 1 aromatic carbocycles. The van der Waals surface area contributed by atoms with Gasteiger partial charge in [0, 0.05) is 5.92 Å². The van der Waals surface area contributed by atoms with Gasteiger partial charge in [0.2, 0.25) is 0 Å². The first-order valence-corrected chi connectivity index (χ1v) is 8.09. The number of hydrogen-bond acceptors (Lipinski definition) is 2. The number of nitrogens with zero attached hydrogens (tertiary/aromatic N) is 3. The molecule has 0 N–H and O–H groups in total. The van der Waals surface area contributed by atoms with E-state index in [1.54, 1.807) is 0 Å². The molecule has 3 nitrogen and oxygen atoms in total. The summed E-state index contributed by atoms with van der Waals surface area (Å²) in [6, 6.07) is 11.1. The van der Waals surface area contributed by atoms with E-state index in [4.69, 9.17) is 10.1 Å². The van der Waals surface area contributed by atoms with Gasteiger partial charge >= 0.3 is 0 Å². The van der Waals surface area contributed by atoms with Gasteiger partial charge in [0.15, 0.2) is 0 Å². The van der Waals surface area contributed by atoms with Gasteiger partial charge in [-0.25, -0.2) is 9.67 Å². The summed E-state index contributed by atoms with van der Waals surface area (Å²) in [7, 11) is 4.61. The fourth-order valence-electron chi connectivity index (χ4n) is 3.65. The Labute approximate surface area is 128 Å². The SMILES string of the molecule is BC(B)(c1nc2n(n1)C(c1ccccc1)CC2C)C1CC1. The lowest BCUT2D eigenvalue weighted by Gasteiger charge is -2.21. The van der Waals surface area contributed by atoms with Crippen LogP contribution in [0.25, 0.3) is 0 Å². The Balaban J connectivity index is 1.74. The lowest BCUT2D eigenvalue weighted by Crippen LogP contribution is -2.31. The molecule has 1 fully saturated rings. The maximum atomic E-state index is 4.94. The van der Waals surface area contributed by atoms with Crippen LogP contribution in [0.3, 0.4) is 0 Å². The normalized spacial score (nSPS) is 25.0. The third-order valence-corrected chi connectivity index (χ3v) is 5.33. The second-order valence-electron chi connectivity index (χ2n) is 7.30. The molecule has 21 heavy (non-hydrogen) atoms. The smallest absolute Gasteiger partial charge is 0.141 e. The molecular weight excluding hydrogens is 256 g/mol. The summed E-state index contributed by atoms with van der Waals surface area (Å²) < 4.78 is 2.19. The minimum atomic E-state index is 0.123. The van der Waals surface area contributed by atoms with Gasteiger partial charge < -0.3 is 0 Å². The number of rotatable bonds is 3. The Kier molecular flexibility index (Phi) is 2.82. The van der Waals surface area contributed by atoms with Gasteiger partial charge in [0.1, 0.15) is 27.3 Å². The zero-order valence-electron chi connectivity index (χ0n) is 13.1. The molecule has 1 saturated carbocycles. The molecule has 2 unspecified atom stereocenters. The maximum Gasteiger partial charge on any atom is 0.141 e. The molecule has 0 amide bonds. The summed E-state index contributed by atoms with van der Waals surface area (Å²) in [6.45, 7) is 2.28. The lowest BCUT2D eigenvalue weighted by atomic mass is 9.51. The lowest BCUT2D eigenvalue weighted by molar-refractivity contribution is 0.527. The molecule has 2 heterocycles. The topological polar surface area (TPSA) is 30.7 Å². The highest BCUT2D eigenvalue weighted by Crippen LogP contribution is 2.44. The number of benzene rings is 1. The van der Waals surface area contributed by atoms with E-state index >= 15 is 0 Å². The van der Waals surface area contributed by atoms with Crippen molar-refractivity contribution in [1.29, 1.82) is 0 Å². The predicted molar refractivity (Wildman–Crippen MR) is 89.1 cm³/mol. The van der Waals surface area contributed by atoms with Crippen molar-refractivity contribution in [2.24, 2.45) is 5.92 Å². The molecule has 0 spiro atoms. The Morgan fingerprint density at radius 2 is 1.90 bits per heavy atom. The van der Waals surface area contributed by atoms with Crippen LogP contribution in [0.1, 0.15) is 55.4 Å². The summed E-state index contributed by atoms with van der Waals surface area (Å²) in [4.78, 5) is 4.93. The van der Waals surface area contributed by atoms with Crippen LogP contribution in [-0.4, -0.2) is 30.5 Å². The van der Waals surface area contributed by atoms with Crippen LogP contribution < -0.4 is 0 Å². The Bertz CT molecular complexity index is 661. The minimum Gasteiger partial charge on any atom is -0.242 e. The minimum absolute atomic E-state index is 0.123. The van der Waals surface area contributed by atoms with Crippen LogP contribution in [0.2, 0.25) is 0 Å². The van der Waals surface area contributed by atoms with Crippen LogP contribution >= 0.6 is 0 Å². The molecule has 2 aliphatic rings. The van der Waals surface area contributed by atoms with Crippen molar-refractivity contribution in [3.05, 3.63) is 47.5 Å². The zero-order chi connectivity index (χ0) is 14.6. The maximum absolute atomic E-state index is 4.94. The highest BCUT2D eigenvalue weighted by Gasteiger charge is 2.43. The second-order valence-corrected chi connectivity index (χ2v) is 7.30. The largest absolute Gasteiger partial charge is 0.242 e. The number of aromatic nitrogens is 3. The summed E-state index contributed by atoms with van der Waals surface area (Å²) in [6.07, 6.45) is 3.77. The van der Waals surface area contributed by atoms with Gasteiger partial charge in [-0.05, 0) is 23.1 Å². The molecule has 1 aromatic heterocycles. The molecule has 0 radical (unpaired) electrons. The Hall–Kier alpha value is -1.51. The van der Waals surface area contributed by atoms with Crippen molar-refractivity contribution in [2.45, 2.75) is 43.4 Å². The average molecular weight is 277 g/mol. The summed E-state index contributed by atoms with van der Waals surface area (Å²) >= 11 is 0. The van der Waals surface area contributed by atoms with Gasteiger partial charge in [0.25, 0.3) is 0 Å². The predicted octanol–water partition coefficient (Wildman–Crippen LogP) is 1.20. The van der Waals surface area contributed by atoms with Crippen molar-refractivity contribution in [2.75, 3.05) is 0 Å². The third kappa shape index (κ3) is 2.05. The third-order valence-electron chi connectivity index (χ3n) is 5.33. The molecule has 1 aliphatic heterocycles. The van der Waals surface area contributed by atoms with E-state index in [9.17, 15) is 0 Å². The van der Waals surface area contributed by atoms with Crippen LogP contribution in [0.5, 0.6) is 0 Å². The van der Waals surface area contributed by atoms with Gasteiger partial charge in [0.05, 0.1) is 6.04 Å². The molecule has 1 aliphatic carbocycles. The van der Waals surface area contributed by atoms with E-state index in [1.165, 1.54) is 24.2 Å². The Morgan fingerprint density at radius 1 is 1.19 bits per heavy atom. The van der Waals surface area contributed by atoms with E-state index in [0.29, 0.717) is 12.0 Å². The van der Waals surface area contributed by atoms with E-state index in [0.717, 1.165) is 18.2 Å². The summed E-state index contributed by atoms with van der Waals surface area (Å²) in [5.74, 6) is 3.48. The van der Waals surface area contributed by atoms with Crippen LogP contribution in [0.4, 0.5) is 0 Å². The first kappa shape index (κ1) is 13.2. The molecule has 0 saturated heterocycles. The van der Waals surface area contributed by atoms with Crippen LogP contribution in [-0.2, 0) is 5.21 Å². The van der Waals surface area contributed by atoms with Gasteiger partial charge in [-0.15, -0.1) is 0 Å². The standard InChI is InChI=1S/C16H21B2N3/c1-10-9-13(11-5-3-2-4-6-11)21-14(10)19-15(20-21)16(17,18)12-7-8-12/h2-6,10,12-13H,7-9,17-18H2,1H3. The van der Waals surface area contributed by atoms with E-state index < -0.39 is 0 Å². The summed E-state index contributed by atoms with van der Waals surface area (Å²) in [5.41, 5.74) is 1.35. The van der Waals surface area contributed by atoms with Crippen LogP contribution in [0, 0.1) is 5.92 Å². The molecule has 2 aromatic rings. The fourth-order valence-corrected chi connectivity index (χ4v) is 3.65. The first-order chi connectivity index (χ1) is 10.1. The highest BCUT2D eigenvalue weighted by atomic mass is 15.4. The van der Waals surface area contributed by atoms with Gasteiger partial charge in [-0.3, -0.25) is 0 Å². The first-order valence-electron chi connectivity index (χ1n) is 8.09. The molecule has 4 rings (SSSR count). The van der Waals surface area contributed by atoms with Crippen molar-refractivity contribution < 1.29 is 0 Å². The van der Waals surface area contributed by atoms with Crippen LogP contribution in [0.15, 0.2) is 30.3 Å². The quantitative estimate of drug-likeness (QED) is 0.789. The monoisotopic (exact) mass is 277 g/mol.